The molecular formula is C32H35N3O11S. The van der Waals surface area contributed by atoms with E-state index in [-0.39, 0.29) is 54.0 Å². The van der Waals surface area contributed by atoms with Crippen molar-refractivity contribution in [3.8, 4) is 17.2 Å². The number of hydrogen-bond donors (Lipinski definition) is 2. The molecule has 47 heavy (non-hydrogen) atoms. The van der Waals surface area contributed by atoms with Gasteiger partial charge in [-0.1, -0.05) is 0 Å². The van der Waals surface area contributed by atoms with E-state index in [2.05, 4.69) is 5.32 Å². The molecule has 14 nitrogen and oxygen atoms in total. The van der Waals surface area contributed by atoms with Crippen LogP contribution in [0.25, 0.3) is 0 Å². The van der Waals surface area contributed by atoms with E-state index >= 15 is 0 Å². The molecule has 5 aliphatic heterocycles. The number of ether oxygens (including phenoxy) is 5. The highest BCUT2D eigenvalue weighted by molar-refractivity contribution is 7.99. The third-order valence-corrected chi connectivity index (χ3v) is 11.4. The van der Waals surface area contributed by atoms with Crippen LogP contribution in [0.2, 0.25) is 0 Å². The molecule has 5 heterocycles. The first-order valence-corrected chi connectivity index (χ1v) is 16.4. The Kier molecular flexibility index (Phi) is 7.65. The molecule has 4 bridgehead atoms. The Morgan fingerprint density at radius 3 is 2.45 bits per heavy atom. The molecule has 0 saturated carbocycles. The van der Waals surface area contributed by atoms with E-state index in [0.29, 0.717) is 33.8 Å². The van der Waals surface area contributed by atoms with Crippen LogP contribution in [0.3, 0.4) is 0 Å². The predicted octanol–water partition coefficient (Wildman–Crippen LogP) is 0.984. The van der Waals surface area contributed by atoms with Crippen LogP contribution in [0, 0.1) is 6.92 Å². The second kappa shape index (κ2) is 11.4. The maximum Gasteiger partial charge on any atom is 0.329 e. The first-order valence-electron chi connectivity index (χ1n) is 15.3. The van der Waals surface area contributed by atoms with E-state index < -0.39 is 65.3 Å². The zero-order valence-corrected chi connectivity index (χ0v) is 27.5. The van der Waals surface area contributed by atoms with Crippen molar-refractivity contribution in [2.45, 2.75) is 75.8 Å². The quantitative estimate of drug-likeness (QED) is 0.265. The van der Waals surface area contributed by atoms with Crippen molar-refractivity contribution in [1.82, 2.24) is 15.1 Å². The molecule has 0 aromatic heterocycles. The molecule has 7 rings (SSSR count). The normalized spacial score (nSPS) is 31.6. The van der Waals surface area contributed by atoms with Crippen molar-refractivity contribution in [2.75, 3.05) is 33.3 Å². The summed E-state index contributed by atoms with van der Waals surface area (Å²) in [5.74, 6) is -1.35. The summed E-state index contributed by atoms with van der Waals surface area (Å²) in [5.41, 5.74) is 2.45. The molecule has 0 spiro atoms. The number of thioether (sulfide) groups is 1. The van der Waals surface area contributed by atoms with E-state index in [1.807, 2.05) is 16.8 Å². The first kappa shape index (κ1) is 31.7. The molecule has 1 aromatic carbocycles. The van der Waals surface area contributed by atoms with Gasteiger partial charge in [0.05, 0.1) is 30.5 Å². The van der Waals surface area contributed by atoms with Crippen molar-refractivity contribution >= 4 is 41.2 Å². The number of fused-ring (bicyclic) bond motifs is 8. The van der Waals surface area contributed by atoms with Gasteiger partial charge in [0.1, 0.15) is 24.6 Å². The zero-order valence-electron chi connectivity index (χ0n) is 26.7. The number of nitrogens with zero attached hydrogens (tertiary/aromatic N) is 2. The minimum absolute atomic E-state index is 0.0316. The lowest BCUT2D eigenvalue weighted by molar-refractivity contribution is -0.179. The van der Waals surface area contributed by atoms with Crippen LogP contribution in [0.1, 0.15) is 55.2 Å². The Morgan fingerprint density at radius 1 is 1.04 bits per heavy atom. The molecule has 1 aromatic rings. The fraction of sp³-hybridized carbons (Fsp3) is 0.531. The average Bonchev–Trinajstić information content (AvgIpc) is 3.51. The fourth-order valence-electron chi connectivity index (χ4n) is 8.13. The number of likely N-dealkylation sites (N-methyl/N-ethyl adjacent to an activating group) is 1. The molecule has 6 aliphatic rings. The lowest BCUT2D eigenvalue weighted by Gasteiger charge is -2.62. The summed E-state index contributed by atoms with van der Waals surface area (Å²) in [4.78, 5) is 69.7. The second-order valence-corrected chi connectivity index (χ2v) is 13.7. The number of benzene rings is 1. The molecule has 250 valence electrons. The Bertz CT molecular complexity index is 1720. The van der Waals surface area contributed by atoms with Gasteiger partial charge in [0, 0.05) is 59.1 Å². The topological polar surface area (TPSA) is 170 Å². The standard InChI is InChI=1S/C32H35N3O11S/c1-11-24(38)15-7-17-31(40)35-18-8-43-32(41)16(33-13(3)36)9-47-30(23(35)22(34(17)5)19(15)25(39)27(11)42-6)21-20(18)29-28(44-10-45-29)12(2)26(21)46-14(4)37/h16-18,22-23,30-31,40H,7-10H2,1-6H3,(H,33,36)/t16?,17?,18-,22?,23?,30+,31-/m0/s1. The highest BCUT2D eigenvalue weighted by Crippen LogP contribution is 2.62. The number of hydrogen-bond acceptors (Lipinski definition) is 14. The van der Waals surface area contributed by atoms with Crippen LogP contribution in [0.5, 0.6) is 17.2 Å². The van der Waals surface area contributed by atoms with Gasteiger partial charge in [-0.05, 0) is 27.3 Å². The van der Waals surface area contributed by atoms with Crippen molar-refractivity contribution in [2.24, 2.45) is 0 Å². The lowest BCUT2D eigenvalue weighted by Crippen LogP contribution is -2.73. The van der Waals surface area contributed by atoms with Gasteiger partial charge in [0.2, 0.25) is 18.5 Å². The van der Waals surface area contributed by atoms with Crippen LogP contribution < -0.4 is 19.5 Å². The van der Waals surface area contributed by atoms with Crippen molar-refractivity contribution in [3.63, 3.8) is 0 Å². The number of Topliss-reactive ketones (excluding diaryl/α,β-unsaturated/α-hetero) is 2. The predicted molar refractivity (Wildman–Crippen MR) is 163 cm³/mol. The SMILES string of the molecule is COC1=C(C)C(=O)C2=C(C1=O)C1C3[C@@H]4SCC(NC(C)=O)C(=O)OC[C@@H](c5c6c(c(C)c(OC(C)=O)c54)OCO6)N3[C@@H](O)C(C2)N1C. The fourth-order valence-corrected chi connectivity index (χ4v) is 9.63. The zero-order chi connectivity index (χ0) is 33.6. The number of rotatable bonds is 3. The molecular weight excluding hydrogens is 634 g/mol. The number of cyclic esters (lactones) is 1. The number of allylic oxidation sites excluding steroid dienone is 2. The van der Waals surface area contributed by atoms with Crippen LogP contribution >= 0.6 is 11.8 Å². The van der Waals surface area contributed by atoms with Crippen LogP contribution in [0.15, 0.2) is 22.5 Å². The van der Waals surface area contributed by atoms with Crippen molar-refractivity contribution < 1.29 is 52.8 Å². The third-order valence-electron chi connectivity index (χ3n) is 10.0. The van der Waals surface area contributed by atoms with Crippen LogP contribution in [-0.4, -0.2) is 108 Å². The third kappa shape index (κ3) is 4.54. The number of aliphatic hydroxyl groups is 1. The summed E-state index contributed by atoms with van der Waals surface area (Å²) in [5, 5.41) is 14.2. The molecule has 15 heteroatoms. The summed E-state index contributed by atoms with van der Waals surface area (Å²) < 4.78 is 29.1. The molecule has 2 fully saturated rings. The number of aliphatic hydroxyl groups excluding tert-OH is 1. The summed E-state index contributed by atoms with van der Waals surface area (Å²) >= 11 is 1.29. The van der Waals surface area contributed by atoms with Gasteiger partial charge in [-0.2, -0.15) is 0 Å². The lowest BCUT2D eigenvalue weighted by atomic mass is 9.70. The molecule has 1 amide bonds. The molecule has 7 atom stereocenters. The van der Waals surface area contributed by atoms with Crippen LogP contribution in [-0.2, 0) is 33.4 Å². The number of esters is 2. The molecule has 2 N–H and O–H groups in total. The highest BCUT2D eigenvalue weighted by atomic mass is 32.2. The Labute approximate surface area is 274 Å². The van der Waals surface area contributed by atoms with Crippen molar-refractivity contribution in [3.05, 3.63) is 39.2 Å². The van der Waals surface area contributed by atoms with Gasteiger partial charge in [0.25, 0.3) is 0 Å². The van der Waals surface area contributed by atoms with E-state index in [9.17, 15) is 29.1 Å². The Hall–Kier alpha value is -3.92. The number of carbonyl (C=O) groups excluding carboxylic acids is 5. The van der Waals surface area contributed by atoms with E-state index in [4.69, 9.17) is 23.7 Å². The molecule has 4 unspecified atom stereocenters. The summed E-state index contributed by atoms with van der Waals surface area (Å²) in [6, 6.07) is -3.93. The number of amides is 1. The number of nitrogens with one attached hydrogen (secondary N) is 1. The van der Waals surface area contributed by atoms with Gasteiger partial charge in [-0.3, -0.25) is 29.0 Å². The largest absolute Gasteiger partial charge is 0.492 e. The van der Waals surface area contributed by atoms with Gasteiger partial charge < -0.3 is 34.1 Å². The van der Waals surface area contributed by atoms with Crippen LogP contribution in [0.4, 0.5) is 0 Å². The van der Waals surface area contributed by atoms with E-state index in [1.165, 1.54) is 32.7 Å². The smallest absolute Gasteiger partial charge is 0.329 e. The minimum Gasteiger partial charge on any atom is -0.492 e. The van der Waals surface area contributed by atoms with Gasteiger partial charge >= 0.3 is 11.9 Å². The second-order valence-electron chi connectivity index (χ2n) is 12.5. The first-order chi connectivity index (χ1) is 22.4. The molecule has 2 saturated heterocycles. The molecule has 0 radical (unpaired) electrons. The van der Waals surface area contributed by atoms with E-state index in [1.54, 1.807) is 13.8 Å². The Balaban J connectivity index is 1.51. The molecule has 1 aliphatic carbocycles. The minimum atomic E-state index is -1.19. The van der Waals surface area contributed by atoms with Gasteiger partial charge in [0.15, 0.2) is 23.0 Å². The number of ketones is 2. The van der Waals surface area contributed by atoms with Gasteiger partial charge in [-0.15, -0.1) is 11.8 Å². The summed E-state index contributed by atoms with van der Waals surface area (Å²) in [6.07, 6.45) is -1.08. The van der Waals surface area contributed by atoms with E-state index in [0.717, 1.165) is 0 Å². The number of carbonyl (C=O) groups is 5. The Morgan fingerprint density at radius 2 is 1.77 bits per heavy atom. The number of piperazine rings is 1. The maximum absolute atomic E-state index is 14.2. The highest BCUT2D eigenvalue weighted by Gasteiger charge is 2.62. The average molecular weight is 670 g/mol. The summed E-state index contributed by atoms with van der Waals surface area (Å²) in [7, 11) is 3.16. The monoisotopic (exact) mass is 669 g/mol. The summed E-state index contributed by atoms with van der Waals surface area (Å²) in [6.45, 7) is 5.54. The van der Waals surface area contributed by atoms with Crippen molar-refractivity contribution in [1.29, 1.82) is 0 Å². The maximum atomic E-state index is 14.2. The number of methoxy groups -OCH3 is 1. The van der Waals surface area contributed by atoms with Gasteiger partial charge in [-0.25, -0.2) is 4.79 Å².